The number of likely N-dealkylation sites (tertiary alicyclic amines) is 1. The van der Waals surface area contributed by atoms with Crippen LogP contribution in [0.5, 0.6) is 0 Å². The summed E-state index contributed by atoms with van der Waals surface area (Å²) in [5.74, 6) is 1.34. The zero-order valence-electron chi connectivity index (χ0n) is 14.3. The third-order valence-electron chi connectivity index (χ3n) is 5.36. The molecule has 2 aliphatic rings. The molecule has 2 saturated heterocycles. The molecule has 2 fully saturated rings. The van der Waals surface area contributed by atoms with Gasteiger partial charge in [-0.15, -0.1) is 12.4 Å². The Morgan fingerprint density at radius 1 is 1.28 bits per heavy atom. The summed E-state index contributed by atoms with van der Waals surface area (Å²) in [7, 11) is 0. The summed E-state index contributed by atoms with van der Waals surface area (Å²) in [4.78, 5) is 31.4. The van der Waals surface area contributed by atoms with E-state index in [0.29, 0.717) is 30.2 Å². The highest BCUT2D eigenvalue weighted by Gasteiger charge is 2.37. The number of aromatic nitrogens is 2. The number of halogens is 1. The van der Waals surface area contributed by atoms with Gasteiger partial charge in [0.1, 0.15) is 0 Å². The SMILES string of the molecule is Cc1cccc2c(=O)n(CCC(=O)N3C[C@H]4CNC[C@H]4C3)cnc12.Cl. The first-order valence-corrected chi connectivity index (χ1v) is 8.57. The van der Waals surface area contributed by atoms with Crippen molar-refractivity contribution in [2.75, 3.05) is 26.2 Å². The van der Waals surface area contributed by atoms with Crippen LogP contribution in [0.2, 0.25) is 0 Å². The van der Waals surface area contributed by atoms with Gasteiger partial charge >= 0.3 is 0 Å². The number of hydrogen-bond donors (Lipinski definition) is 1. The highest BCUT2D eigenvalue weighted by atomic mass is 35.5. The maximum atomic E-state index is 12.6. The zero-order chi connectivity index (χ0) is 16.7. The average Bonchev–Trinajstić information content (AvgIpc) is 3.16. The molecule has 1 N–H and O–H groups in total. The zero-order valence-corrected chi connectivity index (χ0v) is 15.1. The van der Waals surface area contributed by atoms with Crippen LogP contribution in [0.25, 0.3) is 10.9 Å². The van der Waals surface area contributed by atoms with Crippen LogP contribution in [0.3, 0.4) is 0 Å². The van der Waals surface area contributed by atoms with E-state index in [2.05, 4.69) is 10.3 Å². The van der Waals surface area contributed by atoms with E-state index in [1.165, 1.54) is 0 Å². The summed E-state index contributed by atoms with van der Waals surface area (Å²) in [6, 6.07) is 5.61. The van der Waals surface area contributed by atoms with Crippen LogP contribution >= 0.6 is 12.4 Å². The Morgan fingerprint density at radius 3 is 2.72 bits per heavy atom. The van der Waals surface area contributed by atoms with E-state index < -0.39 is 0 Å². The molecule has 4 rings (SSSR count). The Hall–Kier alpha value is -1.92. The monoisotopic (exact) mass is 362 g/mol. The Kier molecular flexibility index (Phi) is 5.11. The molecule has 2 aromatic rings. The number of hydrogen-bond acceptors (Lipinski definition) is 4. The third-order valence-corrected chi connectivity index (χ3v) is 5.36. The lowest BCUT2D eigenvalue weighted by Gasteiger charge is -2.17. The lowest BCUT2D eigenvalue weighted by atomic mass is 10.0. The van der Waals surface area contributed by atoms with Gasteiger partial charge in [0.25, 0.3) is 5.56 Å². The van der Waals surface area contributed by atoms with E-state index in [0.717, 1.165) is 37.3 Å². The fourth-order valence-electron chi connectivity index (χ4n) is 3.93. The summed E-state index contributed by atoms with van der Waals surface area (Å²) in [6.07, 6.45) is 1.92. The molecule has 2 atom stereocenters. The standard InChI is InChI=1S/C18H22N4O2.ClH/c1-12-3-2-4-15-17(12)20-11-21(18(15)24)6-5-16(23)22-9-13-7-19-8-14(13)10-22;/h2-4,11,13-14,19H,5-10H2,1H3;1H/t13-,14+;. The van der Waals surface area contributed by atoms with E-state index in [4.69, 9.17) is 0 Å². The number of benzene rings is 1. The van der Waals surface area contributed by atoms with Crippen LogP contribution in [0.1, 0.15) is 12.0 Å². The van der Waals surface area contributed by atoms with Gasteiger partial charge in [-0.2, -0.15) is 0 Å². The number of amides is 1. The molecule has 134 valence electrons. The van der Waals surface area contributed by atoms with Gasteiger partial charge in [0, 0.05) is 39.1 Å². The van der Waals surface area contributed by atoms with E-state index >= 15 is 0 Å². The molecule has 3 heterocycles. The van der Waals surface area contributed by atoms with Crippen LogP contribution in [-0.2, 0) is 11.3 Å². The summed E-state index contributed by atoms with van der Waals surface area (Å²) in [6.45, 7) is 6.06. The molecule has 2 aliphatic heterocycles. The molecular weight excluding hydrogens is 340 g/mol. The van der Waals surface area contributed by atoms with Gasteiger partial charge in [0.15, 0.2) is 0 Å². The van der Waals surface area contributed by atoms with Crippen molar-refractivity contribution in [3.05, 3.63) is 40.4 Å². The Bertz CT molecular complexity index is 839. The molecule has 1 aromatic carbocycles. The van der Waals surface area contributed by atoms with Gasteiger partial charge < -0.3 is 10.2 Å². The predicted octanol–water partition coefficient (Wildman–Crippen LogP) is 1.19. The van der Waals surface area contributed by atoms with Crippen molar-refractivity contribution >= 4 is 29.2 Å². The fourth-order valence-corrected chi connectivity index (χ4v) is 3.93. The van der Waals surface area contributed by atoms with Crippen LogP contribution < -0.4 is 10.9 Å². The Balaban J connectivity index is 0.00000182. The molecular formula is C18H23ClN4O2. The first kappa shape index (κ1) is 17.9. The van der Waals surface area contributed by atoms with Crippen molar-refractivity contribution in [3.63, 3.8) is 0 Å². The fraction of sp³-hybridized carbons (Fsp3) is 0.500. The molecule has 25 heavy (non-hydrogen) atoms. The summed E-state index contributed by atoms with van der Waals surface area (Å²) >= 11 is 0. The molecule has 0 aliphatic carbocycles. The molecule has 0 spiro atoms. The second-order valence-corrected chi connectivity index (χ2v) is 6.94. The molecule has 0 bridgehead atoms. The number of fused-ring (bicyclic) bond motifs is 2. The molecule has 1 aromatic heterocycles. The minimum Gasteiger partial charge on any atom is -0.342 e. The highest BCUT2D eigenvalue weighted by molar-refractivity contribution is 5.85. The summed E-state index contributed by atoms with van der Waals surface area (Å²) in [5, 5.41) is 4.00. The number of nitrogens with one attached hydrogen (secondary N) is 1. The quantitative estimate of drug-likeness (QED) is 0.890. The minimum absolute atomic E-state index is 0. The topological polar surface area (TPSA) is 67.2 Å². The van der Waals surface area contributed by atoms with Gasteiger partial charge in [-0.25, -0.2) is 4.98 Å². The van der Waals surface area contributed by atoms with Crippen molar-refractivity contribution in [2.24, 2.45) is 11.8 Å². The lowest BCUT2D eigenvalue weighted by molar-refractivity contribution is -0.130. The molecule has 0 saturated carbocycles. The van der Waals surface area contributed by atoms with Crippen LogP contribution in [0, 0.1) is 18.8 Å². The number of aryl methyl sites for hydroxylation is 2. The minimum atomic E-state index is -0.0704. The van der Waals surface area contributed by atoms with Crippen molar-refractivity contribution in [2.45, 2.75) is 19.9 Å². The summed E-state index contributed by atoms with van der Waals surface area (Å²) < 4.78 is 1.55. The first-order valence-electron chi connectivity index (χ1n) is 8.57. The van der Waals surface area contributed by atoms with Crippen molar-refractivity contribution in [1.82, 2.24) is 19.8 Å². The van der Waals surface area contributed by atoms with E-state index in [1.54, 1.807) is 17.0 Å². The number of para-hydroxylation sites is 1. The molecule has 0 radical (unpaired) electrons. The van der Waals surface area contributed by atoms with Crippen molar-refractivity contribution in [1.29, 1.82) is 0 Å². The van der Waals surface area contributed by atoms with Gasteiger partial charge in [-0.3, -0.25) is 14.2 Å². The van der Waals surface area contributed by atoms with Gasteiger partial charge in [-0.1, -0.05) is 12.1 Å². The highest BCUT2D eigenvalue weighted by Crippen LogP contribution is 2.26. The van der Waals surface area contributed by atoms with Gasteiger partial charge in [0.05, 0.1) is 17.2 Å². The van der Waals surface area contributed by atoms with Crippen LogP contribution in [0.15, 0.2) is 29.3 Å². The molecule has 7 heteroatoms. The van der Waals surface area contributed by atoms with E-state index in [-0.39, 0.29) is 23.9 Å². The maximum Gasteiger partial charge on any atom is 0.261 e. The number of nitrogens with zero attached hydrogens (tertiary/aromatic N) is 3. The van der Waals surface area contributed by atoms with E-state index in [1.807, 2.05) is 24.0 Å². The molecule has 1 amide bonds. The number of rotatable bonds is 3. The number of carbonyl (C=O) groups excluding carboxylic acids is 1. The lowest BCUT2D eigenvalue weighted by Crippen LogP contribution is -2.33. The smallest absolute Gasteiger partial charge is 0.261 e. The van der Waals surface area contributed by atoms with Crippen LogP contribution in [0.4, 0.5) is 0 Å². The largest absolute Gasteiger partial charge is 0.342 e. The second-order valence-electron chi connectivity index (χ2n) is 6.94. The summed E-state index contributed by atoms with van der Waals surface area (Å²) in [5.41, 5.74) is 1.66. The Labute approximate surface area is 152 Å². The van der Waals surface area contributed by atoms with Gasteiger partial charge in [0.2, 0.25) is 5.91 Å². The number of carbonyl (C=O) groups is 1. The molecule has 0 unspecified atom stereocenters. The van der Waals surface area contributed by atoms with Gasteiger partial charge in [-0.05, 0) is 30.4 Å². The average molecular weight is 363 g/mol. The van der Waals surface area contributed by atoms with Crippen molar-refractivity contribution < 1.29 is 4.79 Å². The normalized spacial score (nSPS) is 22.0. The first-order chi connectivity index (χ1) is 11.6. The predicted molar refractivity (Wildman–Crippen MR) is 99.0 cm³/mol. The molecule has 6 nitrogen and oxygen atoms in total. The van der Waals surface area contributed by atoms with E-state index in [9.17, 15) is 9.59 Å². The van der Waals surface area contributed by atoms with Crippen molar-refractivity contribution in [3.8, 4) is 0 Å². The maximum absolute atomic E-state index is 12.6. The third kappa shape index (κ3) is 3.28. The Morgan fingerprint density at radius 2 is 2.00 bits per heavy atom. The second kappa shape index (κ2) is 7.14. The van der Waals surface area contributed by atoms with Crippen LogP contribution in [-0.4, -0.2) is 46.5 Å².